The quantitative estimate of drug-likeness (QED) is 0.731. The molecule has 0 amide bonds. The number of hydrogen-bond donors (Lipinski definition) is 1. The van der Waals surface area contributed by atoms with Crippen molar-refractivity contribution in [1.82, 2.24) is 5.32 Å². The van der Waals surface area contributed by atoms with Crippen LogP contribution < -0.4 is 10.1 Å². The molecule has 0 saturated heterocycles. The Morgan fingerprint density at radius 2 is 1.76 bits per heavy atom. The summed E-state index contributed by atoms with van der Waals surface area (Å²) in [7, 11) is 2.06. The van der Waals surface area contributed by atoms with Crippen LogP contribution in [0.15, 0.2) is 54.6 Å². The lowest BCUT2D eigenvalue weighted by atomic mass is 9.94. The van der Waals surface area contributed by atoms with Crippen LogP contribution in [0.5, 0.6) is 5.75 Å². The topological polar surface area (TPSA) is 21.3 Å². The van der Waals surface area contributed by atoms with Gasteiger partial charge in [-0.2, -0.15) is 0 Å². The molecule has 0 radical (unpaired) electrons. The average molecular weight is 360 g/mol. The Morgan fingerprint density at radius 3 is 2.44 bits per heavy atom. The summed E-state index contributed by atoms with van der Waals surface area (Å²) < 4.78 is 6.03. The van der Waals surface area contributed by atoms with E-state index in [2.05, 4.69) is 73.9 Å². The van der Waals surface area contributed by atoms with E-state index in [9.17, 15) is 0 Å². The molecule has 3 unspecified atom stereocenters. The van der Waals surface area contributed by atoms with Crippen LogP contribution in [0.1, 0.15) is 43.2 Å². The molecule has 1 aliphatic carbocycles. The predicted octanol–water partition coefficient (Wildman–Crippen LogP) is 5.22. The van der Waals surface area contributed by atoms with Gasteiger partial charge in [-0.15, -0.1) is 12.4 Å². The number of rotatable bonds is 7. The molecule has 0 heterocycles. The fourth-order valence-electron chi connectivity index (χ4n) is 3.79. The maximum absolute atomic E-state index is 6.03. The molecule has 1 N–H and O–H groups in total. The van der Waals surface area contributed by atoms with Crippen LogP contribution in [0.25, 0.3) is 0 Å². The summed E-state index contributed by atoms with van der Waals surface area (Å²) in [4.78, 5) is 0. The third-order valence-electron chi connectivity index (χ3n) is 5.33. The monoisotopic (exact) mass is 359 g/mol. The number of halogens is 1. The molecule has 2 aromatic rings. The zero-order valence-electron chi connectivity index (χ0n) is 15.3. The molecule has 3 atom stereocenters. The van der Waals surface area contributed by atoms with Crippen molar-refractivity contribution in [3.63, 3.8) is 0 Å². The van der Waals surface area contributed by atoms with Crippen molar-refractivity contribution in [3.05, 3.63) is 65.7 Å². The minimum atomic E-state index is 0. The highest BCUT2D eigenvalue weighted by atomic mass is 35.5. The first-order valence-corrected chi connectivity index (χ1v) is 9.20. The predicted molar refractivity (Wildman–Crippen MR) is 108 cm³/mol. The van der Waals surface area contributed by atoms with Gasteiger partial charge in [0.15, 0.2) is 0 Å². The number of nitrogens with one attached hydrogen (secondary N) is 1. The highest BCUT2D eigenvalue weighted by Gasteiger charge is 2.26. The molecule has 3 heteroatoms. The van der Waals surface area contributed by atoms with Gasteiger partial charge in [-0.25, -0.2) is 0 Å². The van der Waals surface area contributed by atoms with E-state index in [1.807, 2.05) is 0 Å². The van der Waals surface area contributed by atoms with E-state index >= 15 is 0 Å². The molecular formula is C22H30ClNO. The molecule has 0 aliphatic heterocycles. The highest BCUT2D eigenvalue weighted by Crippen LogP contribution is 2.27. The van der Waals surface area contributed by atoms with E-state index in [-0.39, 0.29) is 12.4 Å². The molecule has 1 fully saturated rings. The van der Waals surface area contributed by atoms with E-state index in [0.29, 0.717) is 17.9 Å². The van der Waals surface area contributed by atoms with Crippen LogP contribution >= 0.6 is 12.4 Å². The molecule has 25 heavy (non-hydrogen) atoms. The Balaban J connectivity index is 0.00000225. The average Bonchev–Trinajstić information content (AvgIpc) is 3.09. The van der Waals surface area contributed by atoms with E-state index in [4.69, 9.17) is 4.74 Å². The van der Waals surface area contributed by atoms with Gasteiger partial charge in [0.2, 0.25) is 0 Å². The van der Waals surface area contributed by atoms with Crippen molar-refractivity contribution >= 4 is 12.4 Å². The van der Waals surface area contributed by atoms with Crippen LogP contribution in [0, 0.1) is 5.92 Å². The lowest BCUT2D eigenvalue weighted by Gasteiger charge is -2.19. The van der Waals surface area contributed by atoms with Gasteiger partial charge in [0.1, 0.15) is 5.75 Å². The Labute approximate surface area is 158 Å². The normalized spacial score (nSPS) is 20.7. The Kier molecular flexibility index (Phi) is 7.80. The second-order valence-electron chi connectivity index (χ2n) is 7.06. The highest BCUT2D eigenvalue weighted by molar-refractivity contribution is 5.85. The lowest BCUT2D eigenvalue weighted by Crippen LogP contribution is -2.32. The zero-order valence-corrected chi connectivity index (χ0v) is 16.1. The Bertz CT molecular complexity index is 614. The molecule has 136 valence electrons. The first kappa shape index (κ1) is 19.8. The summed E-state index contributed by atoms with van der Waals surface area (Å²) in [6, 6.07) is 20.0. The van der Waals surface area contributed by atoms with Gasteiger partial charge >= 0.3 is 0 Å². The second-order valence-corrected chi connectivity index (χ2v) is 7.06. The molecule has 1 aliphatic rings. The molecular weight excluding hydrogens is 330 g/mol. The third-order valence-corrected chi connectivity index (χ3v) is 5.33. The molecule has 1 saturated carbocycles. The number of hydrogen-bond acceptors (Lipinski definition) is 2. The smallest absolute Gasteiger partial charge is 0.119 e. The summed E-state index contributed by atoms with van der Waals surface area (Å²) in [6.07, 6.45) is 4.93. The first-order valence-electron chi connectivity index (χ1n) is 9.20. The molecule has 0 aromatic heterocycles. The van der Waals surface area contributed by atoms with Gasteiger partial charge in [0, 0.05) is 12.0 Å². The van der Waals surface area contributed by atoms with Gasteiger partial charge in [-0.05, 0) is 55.5 Å². The van der Waals surface area contributed by atoms with Crippen LogP contribution in [-0.2, 0) is 6.42 Å². The summed E-state index contributed by atoms with van der Waals surface area (Å²) in [5.74, 6) is 2.17. The van der Waals surface area contributed by atoms with Crippen LogP contribution in [0.4, 0.5) is 0 Å². The summed E-state index contributed by atoms with van der Waals surface area (Å²) in [6.45, 7) is 3.11. The summed E-state index contributed by atoms with van der Waals surface area (Å²) in [5, 5.41) is 3.42. The minimum Gasteiger partial charge on any atom is -0.493 e. The van der Waals surface area contributed by atoms with E-state index in [0.717, 1.165) is 18.8 Å². The third kappa shape index (κ3) is 5.49. The number of ether oxygens (including phenoxy) is 1. The lowest BCUT2D eigenvalue weighted by molar-refractivity contribution is 0.229. The van der Waals surface area contributed by atoms with E-state index < -0.39 is 0 Å². The molecule has 2 nitrogen and oxygen atoms in total. The summed E-state index contributed by atoms with van der Waals surface area (Å²) in [5.41, 5.74) is 2.77. The fraction of sp³-hybridized carbons (Fsp3) is 0.455. The van der Waals surface area contributed by atoms with E-state index in [1.165, 1.54) is 30.4 Å². The van der Waals surface area contributed by atoms with Crippen molar-refractivity contribution in [1.29, 1.82) is 0 Å². The van der Waals surface area contributed by atoms with E-state index in [1.54, 1.807) is 0 Å². The first-order chi connectivity index (χ1) is 11.8. The van der Waals surface area contributed by atoms with Crippen molar-refractivity contribution in [2.24, 2.45) is 5.92 Å². The van der Waals surface area contributed by atoms with Crippen LogP contribution in [0.2, 0.25) is 0 Å². The Hall–Kier alpha value is -1.51. The van der Waals surface area contributed by atoms with Crippen molar-refractivity contribution < 1.29 is 4.74 Å². The van der Waals surface area contributed by atoms with Crippen molar-refractivity contribution in [2.45, 2.75) is 44.6 Å². The standard InChI is InChI=1S/C22H29NO.ClH/c1-17(19-7-4-3-5-8-19)15-18-11-13-21(14-12-18)24-16-20-9-6-10-22(20)23-2;/h3-5,7-8,11-14,17,20,22-23H,6,9-10,15-16H2,1-2H3;1H. The second kappa shape index (κ2) is 9.84. The SMILES string of the molecule is CNC1CCCC1COc1ccc(CC(C)c2ccccc2)cc1.Cl. The fourth-order valence-corrected chi connectivity index (χ4v) is 3.79. The maximum Gasteiger partial charge on any atom is 0.119 e. The largest absolute Gasteiger partial charge is 0.493 e. The zero-order chi connectivity index (χ0) is 16.8. The van der Waals surface area contributed by atoms with Gasteiger partial charge in [0.25, 0.3) is 0 Å². The van der Waals surface area contributed by atoms with Gasteiger partial charge < -0.3 is 10.1 Å². The molecule has 0 spiro atoms. The van der Waals surface area contributed by atoms with Crippen LogP contribution in [0.3, 0.4) is 0 Å². The molecule has 0 bridgehead atoms. The van der Waals surface area contributed by atoms with Gasteiger partial charge in [0.05, 0.1) is 6.61 Å². The minimum absolute atomic E-state index is 0. The Morgan fingerprint density at radius 1 is 1.04 bits per heavy atom. The van der Waals surface area contributed by atoms with Gasteiger partial charge in [-0.1, -0.05) is 55.8 Å². The summed E-state index contributed by atoms with van der Waals surface area (Å²) >= 11 is 0. The number of benzene rings is 2. The molecule has 3 rings (SSSR count). The van der Waals surface area contributed by atoms with Gasteiger partial charge in [-0.3, -0.25) is 0 Å². The van der Waals surface area contributed by atoms with Crippen LogP contribution in [-0.4, -0.2) is 19.7 Å². The maximum atomic E-state index is 6.03. The molecule has 2 aromatic carbocycles. The van der Waals surface area contributed by atoms with Crippen molar-refractivity contribution in [3.8, 4) is 5.75 Å². The van der Waals surface area contributed by atoms with Crippen molar-refractivity contribution in [2.75, 3.05) is 13.7 Å².